The third kappa shape index (κ3) is 8.70. The van der Waals surface area contributed by atoms with Gasteiger partial charge in [0.2, 0.25) is 0 Å². The molecule has 3 aliphatic rings. The Balaban J connectivity index is 1.02. The molecule has 4 nitrogen and oxygen atoms in total. The summed E-state index contributed by atoms with van der Waals surface area (Å²) in [5.74, 6) is 3.79. The van der Waals surface area contributed by atoms with Crippen LogP contribution in [-0.4, -0.2) is 76.7 Å². The average Bonchev–Trinajstić information content (AvgIpc) is 2.98. The van der Waals surface area contributed by atoms with Crippen molar-refractivity contribution in [3.05, 3.63) is 65.2 Å². The van der Waals surface area contributed by atoms with Crippen LogP contribution in [0.5, 0.6) is 0 Å². The number of anilines is 1. The molecule has 0 aromatic heterocycles. The first-order chi connectivity index (χ1) is 19.9. The SMILES string of the molecule is C[I-]N1CCN(CC2CCN(c3cccc(C(C)CCC(C)C4CN(Cc5cccc(C(C)C)c5)C4)c3)CC2)CC1. The first-order valence-corrected chi connectivity index (χ1v) is 19.6. The van der Waals surface area contributed by atoms with Crippen LogP contribution in [-0.2, 0) is 6.54 Å². The first-order valence-electron chi connectivity index (χ1n) is 16.5. The number of hydrogen-bond acceptors (Lipinski definition) is 4. The summed E-state index contributed by atoms with van der Waals surface area (Å²) in [6.07, 6.45) is 5.33. The van der Waals surface area contributed by atoms with Gasteiger partial charge < -0.3 is 0 Å². The van der Waals surface area contributed by atoms with E-state index in [0.717, 1.165) is 24.3 Å². The van der Waals surface area contributed by atoms with Gasteiger partial charge in [0, 0.05) is 19.6 Å². The molecule has 0 aliphatic carbocycles. The van der Waals surface area contributed by atoms with Gasteiger partial charge in [0.1, 0.15) is 0 Å². The molecule has 3 aliphatic heterocycles. The Labute approximate surface area is 262 Å². The van der Waals surface area contributed by atoms with Gasteiger partial charge in [0.05, 0.1) is 0 Å². The minimum atomic E-state index is 0.284. The Morgan fingerprint density at radius 3 is 2.20 bits per heavy atom. The standard InChI is InChI=1S/C36H56IN4/c1-28(2)33-9-6-8-32(22-33)25-39-26-35(27-39)30(4)13-12-29(3)34-10-7-11-36(23-34)40-16-14-31(15-17-40)24-38-18-20-41(37-5)21-19-38/h6-11,22-23,28-31,35H,12-21,24-27H2,1-5H3/q-1. The Kier molecular flexibility index (Phi) is 11.5. The third-order valence-electron chi connectivity index (χ3n) is 10.4. The topological polar surface area (TPSA) is 13.0 Å². The summed E-state index contributed by atoms with van der Waals surface area (Å²) in [7, 11) is 0. The van der Waals surface area contributed by atoms with Crippen LogP contribution in [0.4, 0.5) is 5.69 Å². The van der Waals surface area contributed by atoms with Crippen LogP contribution in [0.3, 0.4) is 0 Å². The van der Waals surface area contributed by atoms with Crippen LogP contribution in [0, 0.1) is 17.8 Å². The Morgan fingerprint density at radius 1 is 0.780 bits per heavy atom. The molecule has 5 rings (SSSR count). The summed E-state index contributed by atoms with van der Waals surface area (Å²) in [5.41, 5.74) is 5.94. The van der Waals surface area contributed by atoms with E-state index in [1.807, 2.05) is 0 Å². The zero-order valence-electron chi connectivity index (χ0n) is 26.6. The van der Waals surface area contributed by atoms with Gasteiger partial charge in [0.25, 0.3) is 0 Å². The van der Waals surface area contributed by atoms with Crippen molar-refractivity contribution in [2.24, 2.45) is 17.8 Å². The molecular weight excluding hydrogens is 615 g/mol. The van der Waals surface area contributed by atoms with Gasteiger partial charge in [-0.2, -0.15) is 0 Å². The zero-order chi connectivity index (χ0) is 28.8. The van der Waals surface area contributed by atoms with Crippen LogP contribution >= 0.6 is 0 Å². The summed E-state index contributed by atoms with van der Waals surface area (Å²) in [6.45, 7) is 22.1. The normalized spacial score (nSPS) is 21.9. The molecule has 228 valence electrons. The molecule has 0 bridgehead atoms. The maximum atomic E-state index is 2.74. The fraction of sp³-hybridized carbons (Fsp3) is 0.667. The average molecular weight is 672 g/mol. The van der Waals surface area contributed by atoms with Crippen molar-refractivity contribution in [2.75, 3.05) is 68.7 Å². The molecule has 41 heavy (non-hydrogen) atoms. The van der Waals surface area contributed by atoms with E-state index >= 15 is 0 Å². The van der Waals surface area contributed by atoms with E-state index in [-0.39, 0.29) is 21.5 Å². The molecule has 2 aromatic rings. The maximum absolute atomic E-state index is 2.74. The second kappa shape index (κ2) is 15.0. The van der Waals surface area contributed by atoms with E-state index in [0.29, 0.717) is 11.8 Å². The van der Waals surface area contributed by atoms with Gasteiger partial charge in [-0.15, -0.1) is 0 Å². The summed E-state index contributed by atoms with van der Waals surface area (Å²) in [6, 6.07) is 18.8. The molecule has 0 saturated carbocycles. The molecule has 0 radical (unpaired) electrons. The molecule has 3 fully saturated rings. The molecule has 0 N–H and O–H groups in total. The first kappa shape index (κ1) is 31.3. The molecule has 2 unspecified atom stereocenters. The number of halogens is 1. The number of benzene rings is 2. The van der Waals surface area contributed by atoms with Crippen molar-refractivity contribution in [3.8, 4) is 0 Å². The van der Waals surface area contributed by atoms with Gasteiger partial charge in [-0.1, -0.05) is 58.0 Å². The number of piperidine rings is 1. The number of alkyl halides is 1. The van der Waals surface area contributed by atoms with Crippen LogP contribution < -0.4 is 26.4 Å². The number of likely N-dealkylation sites (tertiary alicyclic amines) is 1. The monoisotopic (exact) mass is 671 g/mol. The third-order valence-corrected chi connectivity index (χ3v) is 12.7. The van der Waals surface area contributed by atoms with Crippen LogP contribution in [0.2, 0.25) is 0 Å². The Hall–Kier alpha value is -1.15. The fourth-order valence-electron chi connectivity index (χ4n) is 7.16. The Bertz CT molecular complexity index is 1070. The molecule has 2 atom stereocenters. The van der Waals surface area contributed by atoms with E-state index in [1.165, 1.54) is 107 Å². The quantitative estimate of drug-likeness (QED) is 0.193. The number of rotatable bonds is 12. The minimum absolute atomic E-state index is 0.284. The van der Waals surface area contributed by atoms with Crippen molar-refractivity contribution >= 4 is 5.69 Å². The second-order valence-corrected chi connectivity index (χ2v) is 16.0. The van der Waals surface area contributed by atoms with E-state index in [4.69, 9.17) is 0 Å². The van der Waals surface area contributed by atoms with Crippen molar-refractivity contribution in [1.82, 2.24) is 12.9 Å². The van der Waals surface area contributed by atoms with E-state index < -0.39 is 0 Å². The van der Waals surface area contributed by atoms with E-state index in [2.05, 4.69) is 99.0 Å². The molecule has 0 spiro atoms. The van der Waals surface area contributed by atoms with Gasteiger partial charge in [-0.25, -0.2) is 0 Å². The summed E-state index contributed by atoms with van der Waals surface area (Å²) >= 11 is 0.284. The van der Waals surface area contributed by atoms with Gasteiger partial charge in [0.15, 0.2) is 0 Å². The molecule has 5 heteroatoms. The molecule has 0 amide bonds. The second-order valence-electron chi connectivity index (χ2n) is 13.7. The summed E-state index contributed by atoms with van der Waals surface area (Å²) in [5, 5.41) is 0. The van der Waals surface area contributed by atoms with Crippen LogP contribution in [0.1, 0.15) is 81.9 Å². The van der Waals surface area contributed by atoms with Crippen LogP contribution in [0.15, 0.2) is 48.5 Å². The van der Waals surface area contributed by atoms with Crippen molar-refractivity contribution < 1.29 is 21.5 Å². The van der Waals surface area contributed by atoms with E-state index in [9.17, 15) is 0 Å². The van der Waals surface area contributed by atoms with Crippen molar-refractivity contribution in [1.29, 1.82) is 0 Å². The van der Waals surface area contributed by atoms with Crippen molar-refractivity contribution in [2.45, 2.75) is 71.8 Å². The molecule has 3 saturated heterocycles. The number of nitrogens with zero attached hydrogens (tertiary/aromatic N) is 4. The van der Waals surface area contributed by atoms with Gasteiger partial charge in [-0.05, 0) is 47.6 Å². The summed E-state index contributed by atoms with van der Waals surface area (Å²) < 4.78 is 2.70. The zero-order valence-corrected chi connectivity index (χ0v) is 28.7. The predicted molar refractivity (Wildman–Crippen MR) is 171 cm³/mol. The fourth-order valence-corrected chi connectivity index (χ4v) is 8.56. The number of piperazine rings is 1. The van der Waals surface area contributed by atoms with Gasteiger partial charge in [-0.3, -0.25) is 4.90 Å². The molecular formula is C36H56IN4-. The Morgan fingerprint density at radius 2 is 1.49 bits per heavy atom. The van der Waals surface area contributed by atoms with Gasteiger partial charge >= 0.3 is 133 Å². The van der Waals surface area contributed by atoms with Crippen LogP contribution in [0.25, 0.3) is 0 Å². The van der Waals surface area contributed by atoms with Crippen molar-refractivity contribution in [3.63, 3.8) is 0 Å². The predicted octanol–water partition coefficient (Wildman–Crippen LogP) is 3.93. The van der Waals surface area contributed by atoms with E-state index in [1.54, 1.807) is 0 Å². The molecule has 2 aromatic carbocycles. The molecule has 3 heterocycles. The number of hydrogen-bond donors (Lipinski definition) is 0. The summed E-state index contributed by atoms with van der Waals surface area (Å²) in [4.78, 5) is 10.4.